The predicted octanol–water partition coefficient (Wildman–Crippen LogP) is 1.96. The zero-order valence-electron chi connectivity index (χ0n) is 13.0. The lowest BCUT2D eigenvalue weighted by molar-refractivity contribution is 0.0709. The molecule has 0 radical (unpaired) electrons. The van der Waals surface area contributed by atoms with Crippen molar-refractivity contribution in [1.82, 2.24) is 19.3 Å². The molecule has 1 aliphatic heterocycles. The molecule has 2 unspecified atom stereocenters. The molecule has 6 nitrogen and oxygen atoms in total. The number of carbonyl (C=O) groups excluding carboxylic acids is 1. The van der Waals surface area contributed by atoms with Gasteiger partial charge in [-0.15, -0.1) is 0 Å². The van der Waals surface area contributed by atoms with E-state index in [4.69, 9.17) is 0 Å². The maximum atomic E-state index is 14.2. The van der Waals surface area contributed by atoms with Gasteiger partial charge in [0.25, 0.3) is 5.91 Å². The quantitative estimate of drug-likeness (QED) is 0.771. The van der Waals surface area contributed by atoms with Gasteiger partial charge in [-0.3, -0.25) is 4.79 Å². The molecule has 8 heteroatoms. The Morgan fingerprint density at radius 2 is 1.96 bits per heavy atom. The number of imidazole rings is 1. The molecule has 0 aliphatic carbocycles. The zero-order valence-corrected chi connectivity index (χ0v) is 13.0. The molecule has 4 rings (SSSR count). The number of halogens is 2. The Bertz CT molecular complexity index is 959. The number of benzene rings is 1. The minimum Gasteiger partial charge on any atom is -0.391 e. The van der Waals surface area contributed by atoms with Crippen LogP contribution in [0.2, 0.25) is 0 Å². The average Bonchev–Trinajstić information content (AvgIpc) is 3.22. The molecule has 2 aromatic heterocycles. The molecule has 1 aromatic carbocycles. The molecule has 3 heterocycles. The van der Waals surface area contributed by atoms with E-state index in [0.717, 1.165) is 18.2 Å². The van der Waals surface area contributed by atoms with Crippen LogP contribution in [0.15, 0.2) is 43.0 Å². The van der Waals surface area contributed by atoms with Crippen LogP contribution >= 0.6 is 0 Å². The normalized spacial score (nSPS) is 20.4. The summed E-state index contributed by atoms with van der Waals surface area (Å²) >= 11 is 0. The summed E-state index contributed by atoms with van der Waals surface area (Å²) in [6.45, 7) is 0.0168. The van der Waals surface area contributed by atoms with Crippen molar-refractivity contribution in [3.63, 3.8) is 0 Å². The van der Waals surface area contributed by atoms with Crippen molar-refractivity contribution in [1.29, 1.82) is 0 Å². The highest BCUT2D eigenvalue weighted by atomic mass is 19.1. The summed E-state index contributed by atoms with van der Waals surface area (Å²) < 4.78 is 29.4. The molecule has 1 N–H and O–H groups in total. The Kier molecular flexibility index (Phi) is 3.69. The van der Waals surface area contributed by atoms with Crippen molar-refractivity contribution in [2.24, 2.45) is 0 Å². The monoisotopic (exact) mass is 344 g/mol. The van der Waals surface area contributed by atoms with Crippen LogP contribution in [0.3, 0.4) is 0 Å². The molecular weight excluding hydrogens is 330 g/mol. The molecule has 0 spiro atoms. The van der Waals surface area contributed by atoms with E-state index >= 15 is 0 Å². The Labute approximate surface area is 141 Å². The highest BCUT2D eigenvalue weighted by molar-refractivity contribution is 5.98. The van der Waals surface area contributed by atoms with E-state index in [-0.39, 0.29) is 24.2 Å². The van der Waals surface area contributed by atoms with Crippen LogP contribution in [0, 0.1) is 11.6 Å². The van der Waals surface area contributed by atoms with Gasteiger partial charge in [-0.1, -0.05) is 0 Å². The van der Waals surface area contributed by atoms with Crippen LogP contribution in [0.25, 0.3) is 5.65 Å². The third kappa shape index (κ3) is 2.64. The van der Waals surface area contributed by atoms with E-state index in [0.29, 0.717) is 5.65 Å². The number of nitrogens with zero attached hydrogens (tertiary/aromatic N) is 4. The lowest BCUT2D eigenvalue weighted by Gasteiger charge is -2.24. The molecule has 1 aliphatic rings. The van der Waals surface area contributed by atoms with Gasteiger partial charge in [0.15, 0.2) is 11.3 Å². The maximum Gasteiger partial charge on any atom is 0.276 e. The van der Waals surface area contributed by atoms with E-state index in [1.165, 1.54) is 17.3 Å². The molecule has 3 aromatic rings. The molecule has 25 heavy (non-hydrogen) atoms. The highest BCUT2D eigenvalue weighted by Gasteiger charge is 2.38. The second-order valence-electron chi connectivity index (χ2n) is 5.96. The van der Waals surface area contributed by atoms with Gasteiger partial charge in [0.1, 0.15) is 11.6 Å². The summed E-state index contributed by atoms with van der Waals surface area (Å²) in [5.74, 6) is -1.70. The number of fused-ring (bicyclic) bond motifs is 1. The van der Waals surface area contributed by atoms with Crippen LogP contribution in [-0.2, 0) is 0 Å². The van der Waals surface area contributed by atoms with E-state index in [1.807, 2.05) is 0 Å². The van der Waals surface area contributed by atoms with Crippen molar-refractivity contribution < 1.29 is 18.7 Å². The number of likely N-dealkylation sites (tertiary alicyclic amines) is 1. The number of carbonyl (C=O) groups is 1. The molecule has 0 saturated carbocycles. The van der Waals surface area contributed by atoms with Crippen LogP contribution in [0.1, 0.15) is 28.5 Å². The Hall–Kier alpha value is -2.87. The van der Waals surface area contributed by atoms with Crippen LogP contribution in [0.5, 0.6) is 0 Å². The van der Waals surface area contributed by atoms with Gasteiger partial charge in [-0.25, -0.2) is 18.7 Å². The van der Waals surface area contributed by atoms with Gasteiger partial charge in [0.05, 0.1) is 12.1 Å². The Morgan fingerprint density at radius 1 is 1.20 bits per heavy atom. The summed E-state index contributed by atoms with van der Waals surface area (Å²) in [6.07, 6.45) is 5.64. The van der Waals surface area contributed by atoms with Gasteiger partial charge in [-0.2, -0.15) is 0 Å². The summed E-state index contributed by atoms with van der Waals surface area (Å²) in [6, 6.07) is 2.33. The lowest BCUT2D eigenvalue weighted by Crippen LogP contribution is -2.33. The fraction of sp³-hybridized carbons (Fsp3) is 0.235. The van der Waals surface area contributed by atoms with E-state index in [1.54, 1.807) is 16.8 Å². The smallest absolute Gasteiger partial charge is 0.276 e. The van der Waals surface area contributed by atoms with Crippen molar-refractivity contribution in [3.05, 3.63) is 65.9 Å². The number of rotatable bonds is 2. The standard InChI is InChI=1S/C17H14F2N4O2/c18-10-1-2-13(19)12(7-10)14-8-11(24)9-23(14)17(25)15-16-21-4-6-22(16)5-3-20-15/h1-7,11,14,24H,8-9H2. The second kappa shape index (κ2) is 5.89. The average molecular weight is 344 g/mol. The number of hydrogen-bond donors (Lipinski definition) is 1. The SMILES string of the molecule is O=C(c1nccn2ccnc12)N1CC(O)CC1c1cc(F)ccc1F. The summed E-state index contributed by atoms with van der Waals surface area (Å²) in [5, 5.41) is 10.0. The molecule has 1 fully saturated rings. The Balaban J connectivity index is 1.76. The number of amides is 1. The number of aliphatic hydroxyl groups is 1. The molecule has 128 valence electrons. The first-order valence-corrected chi connectivity index (χ1v) is 7.76. The fourth-order valence-corrected chi connectivity index (χ4v) is 3.24. The second-order valence-corrected chi connectivity index (χ2v) is 5.96. The van der Waals surface area contributed by atoms with Crippen molar-refractivity contribution >= 4 is 11.6 Å². The zero-order chi connectivity index (χ0) is 17.6. The van der Waals surface area contributed by atoms with E-state index in [9.17, 15) is 18.7 Å². The molecule has 1 amide bonds. The van der Waals surface area contributed by atoms with Crippen LogP contribution in [0.4, 0.5) is 8.78 Å². The minimum absolute atomic E-state index is 0.0168. The number of aliphatic hydroxyl groups excluding tert-OH is 1. The van der Waals surface area contributed by atoms with E-state index in [2.05, 4.69) is 9.97 Å². The first-order valence-electron chi connectivity index (χ1n) is 7.76. The highest BCUT2D eigenvalue weighted by Crippen LogP contribution is 2.35. The maximum absolute atomic E-state index is 14.2. The fourth-order valence-electron chi connectivity index (χ4n) is 3.24. The molecule has 2 atom stereocenters. The van der Waals surface area contributed by atoms with Gasteiger partial charge in [0.2, 0.25) is 0 Å². The first-order chi connectivity index (χ1) is 12.0. The number of β-amino-alcohol motifs (C(OH)–C–C–N with tert-alkyl or cyclic N) is 1. The van der Waals surface area contributed by atoms with Crippen molar-refractivity contribution in [2.45, 2.75) is 18.6 Å². The largest absolute Gasteiger partial charge is 0.391 e. The van der Waals surface area contributed by atoms with E-state index < -0.39 is 29.7 Å². The predicted molar refractivity (Wildman–Crippen MR) is 83.7 cm³/mol. The van der Waals surface area contributed by atoms with Crippen LogP contribution < -0.4 is 0 Å². The number of hydrogen-bond acceptors (Lipinski definition) is 4. The number of aromatic nitrogens is 3. The summed E-state index contributed by atoms with van der Waals surface area (Å²) in [5.41, 5.74) is 0.510. The molecule has 1 saturated heterocycles. The third-order valence-corrected chi connectivity index (χ3v) is 4.37. The van der Waals surface area contributed by atoms with Gasteiger partial charge < -0.3 is 14.4 Å². The summed E-state index contributed by atoms with van der Waals surface area (Å²) in [4.78, 5) is 22.5. The first kappa shape index (κ1) is 15.6. The third-order valence-electron chi connectivity index (χ3n) is 4.37. The summed E-state index contributed by atoms with van der Waals surface area (Å²) in [7, 11) is 0. The van der Waals surface area contributed by atoms with Gasteiger partial charge >= 0.3 is 0 Å². The van der Waals surface area contributed by atoms with Gasteiger partial charge in [0, 0.05) is 36.9 Å². The van der Waals surface area contributed by atoms with Crippen molar-refractivity contribution in [3.8, 4) is 0 Å². The molecule has 0 bridgehead atoms. The van der Waals surface area contributed by atoms with Crippen LogP contribution in [-0.4, -0.2) is 42.9 Å². The topological polar surface area (TPSA) is 70.7 Å². The van der Waals surface area contributed by atoms with Crippen molar-refractivity contribution in [2.75, 3.05) is 6.54 Å². The Morgan fingerprint density at radius 3 is 2.76 bits per heavy atom. The van der Waals surface area contributed by atoms with Gasteiger partial charge in [-0.05, 0) is 24.6 Å². The lowest BCUT2D eigenvalue weighted by atomic mass is 10.0. The minimum atomic E-state index is -0.823. The molecular formula is C17H14F2N4O2.